The number of hydrogen-bond donors (Lipinski definition) is 0. The van der Waals surface area contributed by atoms with E-state index in [1.54, 1.807) is 33.4 Å². The molecule has 16 aromatic carbocycles. The second-order valence-electron chi connectivity index (χ2n) is 39.9. The summed E-state index contributed by atoms with van der Waals surface area (Å²) in [5, 5.41) is 0. The van der Waals surface area contributed by atoms with Gasteiger partial charge >= 0.3 is 0 Å². The van der Waals surface area contributed by atoms with Gasteiger partial charge in [-0.25, -0.2) is 0 Å². The van der Waals surface area contributed by atoms with Crippen molar-refractivity contribution < 1.29 is 9.47 Å². The lowest BCUT2D eigenvalue weighted by Gasteiger charge is -2.38. The fourth-order valence-electron chi connectivity index (χ4n) is 23.2. The van der Waals surface area contributed by atoms with Gasteiger partial charge in [0.05, 0.1) is 0 Å². The van der Waals surface area contributed by atoms with Crippen LogP contribution in [-0.4, -0.2) is 5.79 Å². The number of ether oxygens (including phenoxy) is 2. The van der Waals surface area contributed by atoms with Gasteiger partial charge < -0.3 is 29.1 Å². The molecule has 3 saturated carbocycles. The van der Waals surface area contributed by atoms with E-state index in [0.29, 0.717) is 0 Å². The lowest BCUT2D eigenvalue weighted by Crippen LogP contribution is -2.29. The van der Waals surface area contributed by atoms with Crippen LogP contribution in [0.2, 0.25) is 0 Å². The Morgan fingerprint density at radius 1 is 0.207 bits per heavy atom. The number of benzene rings is 16. The second kappa shape index (κ2) is 41.5. The zero-order valence-electron chi connectivity index (χ0n) is 81.0. The summed E-state index contributed by atoms with van der Waals surface area (Å²) in [4.78, 5) is 9.44. The Morgan fingerprint density at radius 2 is 0.450 bits per heavy atom. The van der Waals surface area contributed by atoms with E-state index in [4.69, 9.17) is 9.47 Å². The van der Waals surface area contributed by atoms with Gasteiger partial charge in [0.2, 0.25) is 5.79 Å². The van der Waals surface area contributed by atoms with Crippen molar-refractivity contribution in [1.29, 1.82) is 0 Å². The van der Waals surface area contributed by atoms with Crippen LogP contribution in [0.15, 0.2) is 345 Å². The van der Waals surface area contributed by atoms with E-state index in [1.165, 1.54) is 212 Å². The molecule has 1 aliphatic heterocycles. The van der Waals surface area contributed by atoms with Crippen LogP contribution in [0.25, 0.3) is 44.5 Å². The largest absolute Gasteiger partial charge is 0.449 e. The zero-order chi connectivity index (χ0) is 97.2. The van der Waals surface area contributed by atoms with Crippen molar-refractivity contribution in [3.8, 4) is 56.0 Å². The van der Waals surface area contributed by atoms with Gasteiger partial charge in [-0.3, -0.25) is 0 Å². The van der Waals surface area contributed by atoms with Crippen molar-refractivity contribution >= 4 is 196 Å². The molecule has 706 valence electrons. The summed E-state index contributed by atoms with van der Waals surface area (Å²) in [6.07, 6.45) is 16.5. The van der Waals surface area contributed by atoms with E-state index in [9.17, 15) is 0 Å². The van der Waals surface area contributed by atoms with Gasteiger partial charge in [-0.15, -0.1) is 0 Å². The SMILES string of the molecule is Cc1cc(Br)ccc1N(c1ccc(-c2cc(C)c3c(c2)C2CCC3C2)cc1)c1ccc(Br)cc1C.Cc1cc(Br)ccc1N(c1ccc(-c2ccc3c(c2)C2CCC3CC2)cc1)c1ccc(Br)cc1C.Cc1cc(Br)ccc1N(c1ccc(-c2ccc3c(c2)C2CCCC3CC2)cc1)c1ccc(Br)cc1C.Cc1cc(Br)ccc1N(c1ccc(-c2ccc3c(c2)OC(C)(C)O3)cc1)c1ccc(Br)cc1C. The third-order valence-corrected chi connectivity index (χ3v) is 34.0. The number of aryl methyl sites for hydroxylation is 9. The molecule has 0 spiro atoms. The highest BCUT2D eigenvalue weighted by molar-refractivity contribution is 9.11. The lowest BCUT2D eigenvalue weighted by molar-refractivity contribution is -0.0431. The average Bonchev–Trinajstić information content (AvgIpc) is 1.51. The first-order chi connectivity index (χ1) is 67.5. The molecular formula is C126H114Br8N4O2. The molecule has 4 atom stereocenters. The van der Waals surface area contributed by atoms with E-state index >= 15 is 0 Å². The van der Waals surface area contributed by atoms with Crippen LogP contribution in [0.3, 0.4) is 0 Å². The van der Waals surface area contributed by atoms with Crippen LogP contribution < -0.4 is 29.1 Å². The predicted molar refractivity (Wildman–Crippen MR) is 618 cm³/mol. The quantitative estimate of drug-likeness (QED) is 0.0958. The minimum absolute atomic E-state index is 0.629. The van der Waals surface area contributed by atoms with Crippen molar-refractivity contribution in [1.82, 2.24) is 0 Å². The number of anilines is 12. The highest BCUT2D eigenvalue weighted by Crippen LogP contribution is 2.57. The summed E-state index contributed by atoms with van der Waals surface area (Å²) in [5.41, 5.74) is 45.2. The highest BCUT2D eigenvalue weighted by atomic mass is 79.9. The molecule has 3 fully saturated rings. The van der Waals surface area contributed by atoms with E-state index < -0.39 is 5.79 Å². The number of nitrogens with zero attached hydrogens (tertiary/aromatic N) is 4. The van der Waals surface area contributed by atoms with Crippen LogP contribution in [0.5, 0.6) is 11.5 Å². The molecule has 1 heterocycles. The Bertz CT molecular complexity index is 7180. The number of halogens is 8. The van der Waals surface area contributed by atoms with Crippen molar-refractivity contribution in [3.05, 3.63) is 429 Å². The van der Waals surface area contributed by atoms with Crippen LogP contribution in [-0.2, 0) is 0 Å². The van der Waals surface area contributed by atoms with Crippen LogP contribution in [0.4, 0.5) is 68.2 Å². The molecule has 9 aliphatic rings. The van der Waals surface area contributed by atoms with Crippen molar-refractivity contribution in [3.63, 3.8) is 0 Å². The number of rotatable bonds is 16. The first-order valence-electron chi connectivity index (χ1n) is 49.2. The number of fused-ring (bicyclic) bond motifs is 11. The lowest BCUT2D eigenvalue weighted by atomic mass is 9.66. The third kappa shape index (κ3) is 20.6. The second-order valence-corrected chi connectivity index (χ2v) is 47.2. The molecular weight excluding hydrogens is 2240 g/mol. The monoisotopic (exact) mass is 2350 g/mol. The average molecular weight is 2360 g/mol. The van der Waals surface area contributed by atoms with Gasteiger partial charge in [0.25, 0.3) is 0 Å². The molecule has 6 bridgehead atoms. The summed E-state index contributed by atoms with van der Waals surface area (Å²) in [6.45, 7) is 23.5. The first kappa shape index (κ1) is 97.6. The molecule has 140 heavy (non-hydrogen) atoms. The topological polar surface area (TPSA) is 31.4 Å². The van der Waals surface area contributed by atoms with Crippen molar-refractivity contribution in [2.75, 3.05) is 19.6 Å². The summed E-state index contributed by atoms with van der Waals surface area (Å²) >= 11 is 29.0. The minimum Gasteiger partial charge on any atom is -0.449 e. The fraction of sp³-hybridized carbons (Fsp3) is 0.238. The maximum atomic E-state index is 5.94. The van der Waals surface area contributed by atoms with Gasteiger partial charge in [-0.1, -0.05) is 237 Å². The third-order valence-electron chi connectivity index (χ3n) is 30.0. The molecule has 6 nitrogen and oxygen atoms in total. The minimum atomic E-state index is -0.629. The maximum Gasteiger partial charge on any atom is 0.246 e. The normalized spacial score (nSPS) is 17.2. The summed E-state index contributed by atoms with van der Waals surface area (Å²) in [5.74, 6) is 5.63. The smallest absolute Gasteiger partial charge is 0.246 e. The molecule has 4 unspecified atom stereocenters. The maximum absolute atomic E-state index is 5.94. The molecule has 0 N–H and O–H groups in total. The molecule has 0 amide bonds. The van der Waals surface area contributed by atoms with E-state index in [2.05, 4.69) is 513 Å². The Kier molecular flexibility index (Phi) is 28.9. The first-order valence-corrected chi connectivity index (χ1v) is 55.5. The van der Waals surface area contributed by atoms with Gasteiger partial charge in [0, 0.05) is 118 Å². The predicted octanol–water partition coefficient (Wildman–Crippen LogP) is 41.9. The van der Waals surface area contributed by atoms with Gasteiger partial charge in [-0.05, 0) is 503 Å². The van der Waals surface area contributed by atoms with Crippen molar-refractivity contribution in [2.45, 2.75) is 195 Å². The zero-order valence-corrected chi connectivity index (χ0v) is 93.7. The van der Waals surface area contributed by atoms with E-state index in [0.717, 1.165) is 111 Å². The van der Waals surface area contributed by atoms with Crippen LogP contribution >= 0.6 is 127 Å². The number of hydrogen-bond acceptors (Lipinski definition) is 6. The van der Waals surface area contributed by atoms with Gasteiger partial charge in [0.15, 0.2) is 11.5 Å². The molecule has 16 aromatic rings. The fourth-order valence-corrected chi connectivity index (χ4v) is 27.0. The van der Waals surface area contributed by atoms with Crippen LogP contribution in [0.1, 0.15) is 210 Å². The Balaban J connectivity index is 0.000000115. The summed E-state index contributed by atoms with van der Waals surface area (Å²) < 4.78 is 20.5. The Hall–Kier alpha value is -9.84. The Morgan fingerprint density at radius 3 is 0.764 bits per heavy atom. The molecule has 14 heteroatoms. The van der Waals surface area contributed by atoms with Crippen LogP contribution in [0, 0.1) is 62.3 Å². The molecule has 25 rings (SSSR count). The molecule has 0 saturated heterocycles. The highest BCUT2D eigenvalue weighted by Gasteiger charge is 2.40. The van der Waals surface area contributed by atoms with E-state index in [1.807, 2.05) is 19.9 Å². The molecule has 8 aliphatic carbocycles. The molecule has 0 aromatic heterocycles. The summed E-state index contributed by atoms with van der Waals surface area (Å²) in [7, 11) is 0. The van der Waals surface area contributed by atoms with E-state index in [-0.39, 0.29) is 0 Å². The standard InChI is InChI=1S/C33H31Br2N.2C32H29Br2N.C29H25Br2NO2/c1-21-18-27(34)11-16-32(21)36(33-17-12-28(35)19-22(33)2)29-13-8-23(9-14-29)26-10-15-30-24-4-3-5-25(7-6-24)31(30)20-26;1-19-15-26(33)8-12-30(19)35(31-13-9-27(34)16-20(31)2)28-10-6-22(7-11-28)25-14-21(3)32-24-5-4-23(17-24)29(32)18-25;1-20-17-26(33)10-15-31(20)35(32-16-11-27(34)18-21(32)2)28-12-7-22(8-13-28)25-9-14-29-23-3-5-24(6-4-23)30(29)19-25;1-18-15-22(30)8-12-25(18)32(26-13-9-23(31)16-19(26)2)24-10-5-20(6-11-24)21-7-14-27-28(17-21)34-29(3,4)33-27/h8-20,24-25H,3-7H2,1-2H3;6-16,18,23-24H,4-5,17H2,1-3H3;7-19,23-24H,3-6H2,1-2H3;5-17H,1-4H3. The molecule has 0 radical (unpaired) electrons. The van der Waals surface area contributed by atoms with Gasteiger partial charge in [-0.2, -0.15) is 0 Å². The Labute approximate surface area is 894 Å². The van der Waals surface area contributed by atoms with Crippen molar-refractivity contribution in [2.24, 2.45) is 0 Å². The summed E-state index contributed by atoms with van der Waals surface area (Å²) in [6, 6.07) is 113. The van der Waals surface area contributed by atoms with Gasteiger partial charge in [0.1, 0.15) is 0 Å².